The number of aryl methyl sites for hydroxylation is 1. The van der Waals surface area contributed by atoms with Crippen LogP contribution in [-0.2, 0) is 6.18 Å². The summed E-state index contributed by atoms with van der Waals surface area (Å²) in [5.41, 5.74) is 6.18. The first-order chi connectivity index (χ1) is 9.27. The number of anilines is 3. The molecule has 2 aromatic rings. The van der Waals surface area contributed by atoms with E-state index in [1.165, 1.54) is 18.2 Å². The van der Waals surface area contributed by atoms with Crippen molar-refractivity contribution in [3.63, 3.8) is 0 Å². The molecule has 0 bridgehead atoms. The fourth-order valence-corrected chi connectivity index (χ4v) is 1.75. The number of pyridine rings is 1. The topological polar surface area (TPSA) is 50.9 Å². The molecule has 1 heterocycles. The molecule has 0 unspecified atom stereocenters. The minimum Gasteiger partial charge on any atom is -0.396 e. The summed E-state index contributed by atoms with van der Waals surface area (Å²) >= 11 is 5.74. The Morgan fingerprint density at radius 1 is 1.20 bits per heavy atom. The Morgan fingerprint density at radius 2 is 1.90 bits per heavy atom. The molecule has 0 fully saturated rings. The number of halogens is 4. The standard InChI is InChI=1S/C13H11ClF3N3/c1-7-2-3-8(13(15,16)17)6-10(7)19-12-9(18)4-5-11(14)20-12/h2-6H,18H2,1H3,(H,19,20). The Morgan fingerprint density at radius 3 is 2.55 bits per heavy atom. The average Bonchev–Trinajstić information content (AvgIpc) is 2.35. The van der Waals surface area contributed by atoms with Crippen LogP contribution in [0.3, 0.4) is 0 Å². The van der Waals surface area contributed by atoms with Crippen LogP contribution in [-0.4, -0.2) is 4.98 Å². The Hall–Kier alpha value is -1.95. The van der Waals surface area contributed by atoms with Gasteiger partial charge in [-0.25, -0.2) is 4.98 Å². The SMILES string of the molecule is Cc1ccc(C(F)(F)F)cc1Nc1nc(Cl)ccc1N. The van der Waals surface area contributed by atoms with Crippen molar-refractivity contribution in [2.45, 2.75) is 13.1 Å². The molecule has 0 radical (unpaired) electrons. The van der Waals surface area contributed by atoms with Crippen LogP contribution in [0.25, 0.3) is 0 Å². The van der Waals surface area contributed by atoms with Gasteiger partial charge in [0.05, 0.1) is 11.3 Å². The molecule has 1 aromatic carbocycles. The lowest BCUT2D eigenvalue weighted by Gasteiger charge is -2.14. The molecular weight excluding hydrogens is 291 g/mol. The molecule has 0 aliphatic carbocycles. The molecule has 7 heteroatoms. The number of nitrogen functional groups attached to an aromatic ring is 1. The van der Waals surface area contributed by atoms with Crippen molar-refractivity contribution in [3.8, 4) is 0 Å². The van der Waals surface area contributed by atoms with E-state index in [-0.39, 0.29) is 16.7 Å². The maximum Gasteiger partial charge on any atom is 0.416 e. The third kappa shape index (κ3) is 3.14. The van der Waals surface area contributed by atoms with E-state index in [9.17, 15) is 13.2 Å². The van der Waals surface area contributed by atoms with Crippen LogP contribution < -0.4 is 11.1 Å². The zero-order chi connectivity index (χ0) is 14.9. The summed E-state index contributed by atoms with van der Waals surface area (Å²) in [4.78, 5) is 3.95. The highest BCUT2D eigenvalue weighted by Gasteiger charge is 2.30. The molecule has 0 saturated heterocycles. The number of hydrogen-bond acceptors (Lipinski definition) is 3. The smallest absolute Gasteiger partial charge is 0.396 e. The summed E-state index contributed by atoms with van der Waals surface area (Å²) in [5.74, 6) is 0.222. The van der Waals surface area contributed by atoms with E-state index >= 15 is 0 Å². The summed E-state index contributed by atoms with van der Waals surface area (Å²) in [6.07, 6.45) is -4.41. The van der Waals surface area contributed by atoms with Crippen LogP contribution in [0.2, 0.25) is 5.15 Å². The highest BCUT2D eigenvalue weighted by molar-refractivity contribution is 6.29. The lowest BCUT2D eigenvalue weighted by atomic mass is 10.1. The fraction of sp³-hybridized carbons (Fsp3) is 0.154. The van der Waals surface area contributed by atoms with Crippen LogP contribution in [0, 0.1) is 6.92 Å². The summed E-state index contributed by atoms with van der Waals surface area (Å²) in [7, 11) is 0. The van der Waals surface area contributed by atoms with Gasteiger partial charge in [0.15, 0.2) is 5.82 Å². The predicted octanol–water partition coefficient (Wildman–Crippen LogP) is 4.39. The molecule has 3 N–H and O–H groups in total. The van der Waals surface area contributed by atoms with E-state index in [1.54, 1.807) is 6.92 Å². The molecule has 0 amide bonds. The zero-order valence-electron chi connectivity index (χ0n) is 10.4. The summed E-state index contributed by atoms with van der Waals surface area (Å²) in [5, 5.41) is 2.97. The molecular formula is C13H11ClF3N3. The van der Waals surface area contributed by atoms with Crippen molar-refractivity contribution in [3.05, 3.63) is 46.6 Å². The summed E-state index contributed by atoms with van der Waals surface area (Å²) in [6, 6.07) is 6.44. The largest absolute Gasteiger partial charge is 0.416 e. The molecule has 0 saturated carbocycles. The van der Waals surface area contributed by atoms with Crippen LogP contribution in [0.5, 0.6) is 0 Å². The maximum atomic E-state index is 12.7. The van der Waals surface area contributed by atoms with Gasteiger partial charge in [0.25, 0.3) is 0 Å². The van der Waals surface area contributed by atoms with Crippen molar-refractivity contribution in [1.82, 2.24) is 4.98 Å². The fourth-order valence-electron chi connectivity index (χ4n) is 1.61. The monoisotopic (exact) mass is 301 g/mol. The minimum absolute atomic E-state index is 0.200. The molecule has 20 heavy (non-hydrogen) atoms. The molecule has 0 atom stereocenters. The van der Waals surface area contributed by atoms with Gasteiger partial charge in [-0.05, 0) is 36.8 Å². The number of nitrogens with two attached hydrogens (primary N) is 1. The first kappa shape index (κ1) is 14.5. The van der Waals surface area contributed by atoms with E-state index in [0.717, 1.165) is 12.1 Å². The number of hydrogen-bond donors (Lipinski definition) is 2. The first-order valence-electron chi connectivity index (χ1n) is 5.64. The molecule has 0 aliphatic heterocycles. The summed E-state index contributed by atoms with van der Waals surface area (Å²) in [6.45, 7) is 1.68. The van der Waals surface area contributed by atoms with Gasteiger partial charge in [-0.15, -0.1) is 0 Å². The van der Waals surface area contributed by atoms with Crippen LogP contribution in [0.1, 0.15) is 11.1 Å². The van der Waals surface area contributed by atoms with Crippen LogP contribution in [0.15, 0.2) is 30.3 Å². The van der Waals surface area contributed by atoms with Gasteiger partial charge >= 0.3 is 6.18 Å². The predicted molar refractivity (Wildman–Crippen MR) is 73.1 cm³/mol. The molecule has 0 spiro atoms. The Bertz CT molecular complexity index is 641. The zero-order valence-corrected chi connectivity index (χ0v) is 11.2. The quantitative estimate of drug-likeness (QED) is 0.809. The third-order valence-corrected chi connectivity index (χ3v) is 2.92. The number of nitrogens with one attached hydrogen (secondary N) is 1. The second-order valence-corrected chi connectivity index (χ2v) is 4.61. The minimum atomic E-state index is -4.41. The van der Waals surface area contributed by atoms with E-state index in [4.69, 9.17) is 17.3 Å². The second kappa shape index (κ2) is 5.20. The number of benzene rings is 1. The van der Waals surface area contributed by atoms with Gasteiger partial charge in [-0.3, -0.25) is 0 Å². The van der Waals surface area contributed by atoms with Crippen molar-refractivity contribution >= 4 is 28.8 Å². The van der Waals surface area contributed by atoms with Crippen molar-refractivity contribution in [2.75, 3.05) is 11.1 Å². The third-order valence-electron chi connectivity index (χ3n) is 2.71. The van der Waals surface area contributed by atoms with Crippen LogP contribution >= 0.6 is 11.6 Å². The van der Waals surface area contributed by atoms with E-state index in [0.29, 0.717) is 11.3 Å². The Balaban J connectivity index is 2.40. The van der Waals surface area contributed by atoms with Crippen molar-refractivity contribution in [2.24, 2.45) is 0 Å². The number of aromatic nitrogens is 1. The normalized spacial score (nSPS) is 11.4. The highest BCUT2D eigenvalue weighted by atomic mass is 35.5. The van der Waals surface area contributed by atoms with Crippen LogP contribution in [0.4, 0.5) is 30.4 Å². The van der Waals surface area contributed by atoms with Gasteiger partial charge in [0.2, 0.25) is 0 Å². The number of alkyl halides is 3. The van der Waals surface area contributed by atoms with Crippen molar-refractivity contribution < 1.29 is 13.2 Å². The molecule has 1 aromatic heterocycles. The Labute approximate surface area is 118 Å². The number of nitrogens with zero attached hydrogens (tertiary/aromatic N) is 1. The lowest BCUT2D eigenvalue weighted by molar-refractivity contribution is -0.137. The van der Waals surface area contributed by atoms with Gasteiger partial charge in [0.1, 0.15) is 5.15 Å². The number of rotatable bonds is 2. The molecule has 3 nitrogen and oxygen atoms in total. The molecule has 2 rings (SSSR count). The second-order valence-electron chi connectivity index (χ2n) is 4.22. The first-order valence-corrected chi connectivity index (χ1v) is 6.02. The average molecular weight is 302 g/mol. The van der Waals surface area contributed by atoms with E-state index < -0.39 is 11.7 Å². The van der Waals surface area contributed by atoms with E-state index in [1.807, 2.05) is 0 Å². The summed E-state index contributed by atoms with van der Waals surface area (Å²) < 4.78 is 38.1. The van der Waals surface area contributed by atoms with Crippen molar-refractivity contribution in [1.29, 1.82) is 0 Å². The maximum absolute atomic E-state index is 12.7. The van der Waals surface area contributed by atoms with Gasteiger partial charge in [-0.1, -0.05) is 17.7 Å². The van der Waals surface area contributed by atoms with E-state index in [2.05, 4.69) is 10.3 Å². The van der Waals surface area contributed by atoms with Gasteiger partial charge < -0.3 is 11.1 Å². The van der Waals surface area contributed by atoms with Gasteiger partial charge in [-0.2, -0.15) is 13.2 Å². The lowest BCUT2D eigenvalue weighted by Crippen LogP contribution is -2.07. The molecule has 0 aliphatic rings. The molecule has 106 valence electrons. The highest BCUT2D eigenvalue weighted by Crippen LogP contribution is 2.33. The Kier molecular flexibility index (Phi) is 3.76. The van der Waals surface area contributed by atoms with Gasteiger partial charge in [0, 0.05) is 5.69 Å².